The maximum absolute atomic E-state index is 11.3. The lowest BCUT2D eigenvalue weighted by molar-refractivity contribution is -0.387. The van der Waals surface area contributed by atoms with Crippen molar-refractivity contribution in [3.05, 3.63) is 63.2 Å². The van der Waals surface area contributed by atoms with Gasteiger partial charge < -0.3 is 11.5 Å². The summed E-state index contributed by atoms with van der Waals surface area (Å²) >= 11 is 7.10. The highest BCUT2D eigenvalue weighted by atomic mass is 35.5. The number of rotatable bonds is 5. The van der Waals surface area contributed by atoms with Crippen LogP contribution in [0.15, 0.2) is 62.5 Å². The van der Waals surface area contributed by atoms with E-state index >= 15 is 0 Å². The first-order chi connectivity index (χ1) is 11.0. The summed E-state index contributed by atoms with van der Waals surface area (Å²) in [6, 6.07) is 11.8. The Morgan fingerprint density at radius 1 is 1.22 bits per heavy atom. The minimum Gasteiger partial charge on any atom is -0.369 e. The van der Waals surface area contributed by atoms with Gasteiger partial charge in [-0.05, 0) is 30.3 Å². The fourth-order valence-electron chi connectivity index (χ4n) is 1.64. The Hall–Kier alpha value is -2.58. The molecule has 7 nitrogen and oxygen atoms in total. The van der Waals surface area contributed by atoms with Crippen LogP contribution in [0.25, 0.3) is 0 Å². The first-order valence-electron chi connectivity index (χ1n) is 6.29. The van der Waals surface area contributed by atoms with Crippen LogP contribution in [0.4, 0.5) is 5.69 Å². The van der Waals surface area contributed by atoms with Crippen LogP contribution in [0, 0.1) is 10.1 Å². The van der Waals surface area contributed by atoms with Crippen LogP contribution in [0.2, 0.25) is 5.02 Å². The molecule has 2 rings (SSSR count). The van der Waals surface area contributed by atoms with E-state index in [-0.39, 0.29) is 11.6 Å². The molecular formula is C14H12ClN5O2S. The summed E-state index contributed by atoms with van der Waals surface area (Å²) in [5.74, 6) is -0.189. The van der Waals surface area contributed by atoms with Crippen molar-refractivity contribution in [1.29, 1.82) is 0 Å². The van der Waals surface area contributed by atoms with Gasteiger partial charge in [0.25, 0.3) is 5.69 Å². The highest BCUT2D eigenvalue weighted by Crippen LogP contribution is 2.35. The lowest BCUT2D eigenvalue weighted by atomic mass is 10.2. The highest BCUT2D eigenvalue weighted by Gasteiger charge is 2.15. The summed E-state index contributed by atoms with van der Waals surface area (Å²) < 4.78 is 0. The molecule has 0 radical (unpaired) electrons. The van der Waals surface area contributed by atoms with E-state index in [1.54, 1.807) is 36.4 Å². The molecule has 2 aromatic rings. The summed E-state index contributed by atoms with van der Waals surface area (Å²) in [4.78, 5) is 12.2. The Morgan fingerprint density at radius 3 is 2.52 bits per heavy atom. The third kappa shape index (κ3) is 4.97. The molecule has 0 atom stereocenters. The largest absolute Gasteiger partial charge is 0.369 e. The minimum atomic E-state index is -0.448. The Kier molecular flexibility index (Phi) is 5.56. The van der Waals surface area contributed by atoms with Crippen LogP contribution in [0.1, 0.15) is 5.56 Å². The Bertz CT molecular complexity index is 773. The van der Waals surface area contributed by atoms with E-state index in [0.717, 1.165) is 4.90 Å². The van der Waals surface area contributed by atoms with Crippen molar-refractivity contribution >= 4 is 41.2 Å². The van der Waals surface area contributed by atoms with Crippen molar-refractivity contribution in [3.63, 3.8) is 0 Å². The zero-order valence-corrected chi connectivity index (χ0v) is 13.3. The van der Waals surface area contributed by atoms with Gasteiger partial charge in [0.1, 0.15) is 0 Å². The van der Waals surface area contributed by atoms with Crippen molar-refractivity contribution in [2.24, 2.45) is 21.7 Å². The lowest BCUT2D eigenvalue weighted by Gasteiger charge is -2.04. The van der Waals surface area contributed by atoms with Crippen molar-refractivity contribution < 1.29 is 4.92 Å². The maximum Gasteiger partial charge on any atom is 0.283 e. The lowest BCUT2D eigenvalue weighted by Crippen LogP contribution is -2.21. The SMILES string of the molecule is NC(N)=NN=Cc1ccc(Sc2ccc(Cl)cc2)c([N+](=O)[O-])c1. The average molecular weight is 350 g/mol. The standard InChI is InChI=1S/C14H12ClN5O2S/c15-10-2-4-11(5-3-10)23-13-6-1-9(7-12(13)20(21)22)8-18-19-14(16)17/h1-8H,(H4,16,17,19). The van der Waals surface area contributed by atoms with E-state index < -0.39 is 4.92 Å². The number of nitro benzene ring substituents is 1. The summed E-state index contributed by atoms with van der Waals surface area (Å²) in [7, 11) is 0. The van der Waals surface area contributed by atoms with Gasteiger partial charge in [-0.15, -0.1) is 5.10 Å². The quantitative estimate of drug-likeness (QED) is 0.372. The van der Waals surface area contributed by atoms with E-state index in [9.17, 15) is 10.1 Å². The van der Waals surface area contributed by atoms with E-state index in [2.05, 4.69) is 10.2 Å². The summed E-state index contributed by atoms with van der Waals surface area (Å²) in [5, 5.41) is 18.9. The molecular weight excluding hydrogens is 338 g/mol. The second-order valence-electron chi connectivity index (χ2n) is 4.31. The van der Waals surface area contributed by atoms with Crippen LogP contribution in [-0.2, 0) is 0 Å². The van der Waals surface area contributed by atoms with Crippen molar-refractivity contribution in [1.82, 2.24) is 0 Å². The molecule has 0 aliphatic heterocycles. The van der Waals surface area contributed by atoms with Gasteiger partial charge in [0.05, 0.1) is 16.0 Å². The van der Waals surface area contributed by atoms with Gasteiger partial charge in [-0.1, -0.05) is 29.4 Å². The predicted molar refractivity (Wildman–Crippen MR) is 92.1 cm³/mol. The van der Waals surface area contributed by atoms with Gasteiger partial charge in [0, 0.05) is 21.5 Å². The number of nitrogens with two attached hydrogens (primary N) is 2. The molecule has 0 saturated heterocycles. The Morgan fingerprint density at radius 2 is 1.91 bits per heavy atom. The zero-order valence-electron chi connectivity index (χ0n) is 11.7. The zero-order chi connectivity index (χ0) is 16.8. The van der Waals surface area contributed by atoms with Crippen LogP contribution in [0.5, 0.6) is 0 Å². The van der Waals surface area contributed by atoms with Gasteiger partial charge >= 0.3 is 0 Å². The normalized spacial score (nSPS) is 10.7. The molecule has 0 aromatic heterocycles. The van der Waals surface area contributed by atoms with Gasteiger partial charge in [-0.2, -0.15) is 5.10 Å². The molecule has 118 valence electrons. The van der Waals surface area contributed by atoms with E-state index in [4.69, 9.17) is 23.1 Å². The molecule has 0 unspecified atom stereocenters. The number of hydrogen-bond donors (Lipinski definition) is 2. The molecule has 0 spiro atoms. The third-order valence-corrected chi connectivity index (χ3v) is 3.93. The van der Waals surface area contributed by atoms with Crippen LogP contribution < -0.4 is 11.5 Å². The molecule has 0 bridgehead atoms. The molecule has 0 heterocycles. The van der Waals surface area contributed by atoms with E-state index in [1.165, 1.54) is 24.0 Å². The first kappa shape index (κ1) is 16.8. The number of nitro groups is 1. The molecule has 4 N–H and O–H groups in total. The van der Waals surface area contributed by atoms with Gasteiger partial charge in [0.2, 0.25) is 5.96 Å². The minimum absolute atomic E-state index is 0.0291. The molecule has 23 heavy (non-hydrogen) atoms. The number of hydrogen-bond acceptors (Lipinski definition) is 5. The summed E-state index contributed by atoms with van der Waals surface area (Å²) in [6.45, 7) is 0. The number of benzene rings is 2. The van der Waals surface area contributed by atoms with Gasteiger partial charge in [-0.25, -0.2) is 0 Å². The first-order valence-corrected chi connectivity index (χ1v) is 7.49. The topological polar surface area (TPSA) is 120 Å². The fraction of sp³-hybridized carbons (Fsp3) is 0. The monoisotopic (exact) mass is 349 g/mol. The number of halogens is 1. The molecule has 0 amide bonds. The fourth-order valence-corrected chi connectivity index (χ4v) is 2.66. The van der Waals surface area contributed by atoms with Gasteiger partial charge in [-0.3, -0.25) is 10.1 Å². The van der Waals surface area contributed by atoms with Crippen molar-refractivity contribution in [3.8, 4) is 0 Å². The second-order valence-corrected chi connectivity index (χ2v) is 5.86. The smallest absolute Gasteiger partial charge is 0.283 e. The molecule has 9 heteroatoms. The van der Waals surface area contributed by atoms with E-state index in [1.807, 2.05) is 0 Å². The molecule has 0 saturated carbocycles. The molecule has 0 aliphatic rings. The molecule has 0 fully saturated rings. The summed E-state index contributed by atoms with van der Waals surface area (Å²) in [6.07, 6.45) is 1.34. The van der Waals surface area contributed by atoms with Crippen LogP contribution in [0.3, 0.4) is 0 Å². The Balaban J connectivity index is 2.29. The van der Waals surface area contributed by atoms with Crippen molar-refractivity contribution in [2.45, 2.75) is 9.79 Å². The number of nitrogens with zero attached hydrogens (tertiary/aromatic N) is 3. The van der Waals surface area contributed by atoms with Gasteiger partial charge in [0.15, 0.2) is 0 Å². The molecule has 0 aliphatic carbocycles. The second kappa shape index (κ2) is 7.61. The third-order valence-electron chi connectivity index (χ3n) is 2.60. The van der Waals surface area contributed by atoms with Crippen LogP contribution in [-0.4, -0.2) is 17.1 Å². The highest BCUT2D eigenvalue weighted by molar-refractivity contribution is 7.99. The average Bonchev–Trinajstić information content (AvgIpc) is 2.50. The maximum atomic E-state index is 11.3. The predicted octanol–water partition coefficient (Wildman–Crippen LogP) is 3.01. The van der Waals surface area contributed by atoms with Crippen molar-refractivity contribution in [2.75, 3.05) is 0 Å². The Labute approximate surface area is 141 Å². The number of guanidine groups is 1. The molecule has 2 aromatic carbocycles. The van der Waals surface area contributed by atoms with E-state index in [0.29, 0.717) is 15.5 Å². The summed E-state index contributed by atoms with van der Waals surface area (Å²) in [5.41, 5.74) is 10.8. The van der Waals surface area contributed by atoms with Crippen LogP contribution >= 0.6 is 23.4 Å².